The average molecular weight is 249 g/mol. The van der Waals surface area contributed by atoms with Gasteiger partial charge in [0.2, 0.25) is 0 Å². The lowest BCUT2D eigenvalue weighted by molar-refractivity contribution is 0.00578. The summed E-state index contributed by atoms with van der Waals surface area (Å²) in [5.41, 5.74) is 0.762. The first kappa shape index (κ1) is 13.4. The van der Waals surface area contributed by atoms with Gasteiger partial charge in [0.1, 0.15) is 5.75 Å². The van der Waals surface area contributed by atoms with Crippen LogP contribution in [0.15, 0.2) is 12.3 Å². The Morgan fingerprint density at radius 1 is 1.22 bits per heavy atom. The third-order valence-electron chi connectivity index (χ3n) is 3.84. The third kappa shape index (κ3) is 2.13. The number of aromatic hydroxyl groups is 1. The van der Waals surface area contributed by atoms with E-state index >= 15 is 0 Å². The highest BCUT2D eigenvalue weighted by atomic mass is 16.7. The van der Waals surface area contributed by atoms with Gasteiger partial charge in [0, 0.05) is 11.2 Å². The predicted molar refractivity (Wildman–Crippen MR) is 71.0 cm³/mol. The van der Waals surface area contributed by atoms with E-state index in [9.17, 15) is 5.11 Å². The van der Waals surface area contributed by atoms with Crippen LogP contribution in [-0.4, -0.2) is 28.4 Å². The molecule has 0 bridgehead atoms. The lowest BCUT2D eigenvalue weighted by Gasteiger charge is -2.32. The minimum absolute atomic E-state index is 0.116. The van der Waals surface area contributed by atoms with Gasteiger partial charge in [-0.3, -0.25) is 4.98 Å². The first-order chi connectivity index (χ1) is 8.27. The molecule has 0 atom stereocenters. The fraction of sp³-hybridized carbons (Fsp3) is 0.615. The fourth-order valence-corrected chi connectivity index (χ4v) is 1.86. The van der Waals surface area contributed by atoms with E-state index in [1.54, 1.807) is 0 Å². The fourth-order valence-electron chi connectivity index (χ4n) is 1.86. The second kappa shape index (κ2) is 4.25. The molecule has 1 aromatic heterocycles. The molecule has 5 heteroatoms. The average Bonchev–Trinajstić information content (AvgIpc) is 2.48. The van der Waals surface area contributed by atoms with Crippen LogP contribution in [0.25, 0.3) is 0 Å². The summed E-state index contributed by atoms with van der Waals surface area (Å²) in [5, 5.41) is 9.91. The lowest BCUT2D eigenvalue weighted by atomic mass is 9.78. The van der Waals surface area contributed by atoms with Crippen molar-refractivity contribution >= 4 is 12.6 Å². The zero-order valence-corrected chi connectivity index (χ0v) is 11.7. The molecule has 1 N–H and O–H groups in total. The topological polar surface area (TPSA) is 51.6 Å². The van der Waals surface area contributed by atoms with Crippen LogP contribution in [0, 0.1) is 0 Å². The summed E-state index contributed by atoms with van der Waals surface area (Å²) in [7, 11) is -0.539. The Balaban J connectivity index is 2.34. The van der Waals surface area contributed by atoms with Gasteiger partial charge in [0.15, 0.2) is 0 Å². The van der Waals surface area contributed by atoms with Gasteiger partial charge in [-0.2, -0.15) is 0 Å². The van der Waals surface area contributed by atoms with Gasteiger partial charge in [-0.15, -0.1) is 0 Å². The minimum atomic E-state index is -0.539. The Hall–Kier alpha value is -1.07. The van der Waals surface area contributed by atoms with E-state index in [2.05, 4.69) is 4.98 Å². The highest BCUT2D eigenvalue weighted by Gasteiger charge is 2.52. The van der Waals surface area contributed by atoms with Gasteiger partial charge in [-0.05, 0) is 40.2 Å². The molecule has 18 heavy (non-hydrogen) atoms. The molecule has 0 spiro atoms. The van der Waals surface area contributed by atoms with E-state index in [0.29, 0.717) is 5.46 Å². The van der Waals surface area contributed by atoms with Crippen LogP contribution < -0.4 is 5.46 Å². The first-order valence-electron chi connectivity index (χ1n) is 6.30. The van der Waals surface area contributed by atoms with Gasteiger partial charge in [-0.25, -0.2) is 0 Å². The van der Waals surface area contributed by atoms with Crippen LogP contribution in [0.2, 0.25) is 0 Å². The largest absolute Gasteiger partial charge is 0.507 e. The lowest BCUT2D eigenvalue weighted by Crippen LogP contribution is -2.41. The van der Waals surface area contributed by atoms with Crippen LogP contribution in [0.1, 0.15) is 40.3 Å². The molecule has 0 unspecified atom stereocenters. The van der Waals surface area contributed by atoms with E-state index in [0.717, 1.165) is 12.1 Å². The van der Waals surface area contributed by atoms with Crippen molar-refractivity contribution in [3.05, 3.63) is 18.0 Å². The van der Waals surface area contributed by atoms with Crippen molar-refractivity contribution in [1.82, 2.24) is 4.98 Å². The number of pyridine rings is 1. The molecule has 0 aromatic carbocycles. The standard InChI is InChI=1S/C13H20BNO3/c1-6-9-7-10(11(16)8-15-9)14-17-12(2,3)13(4,5)18-14/h7-8,16H,6H2,1-5H3. The molecule has 1 saturated heterocycles. The molecular formula is C13H20BNO3. The predicted octanol–water partition coefficient (Wildman–Crippen LogP) is 1.65. The number of nitrogens with zero attached hydrogens (tertiary/aromatic N) is 1. The third-order valence-corrected chi connectivity index (χ3v) is 3.84. The highest BCUT2D eigenvalue weighted by molar-refractivity contribution is 6.63. The monoisotopic (exact) mass is 249 g/mol. The summed E-state index contributed by atoms with van der Waals surface area (Å²) in [6, 6.07) is 1.84. The molecule has 1 aliphatic heterocycles. The van der Waals surface area contributed by atoms with Crippen molar-refractivity contribution in [2.45, 2.75) is 52.2 Å². The minimum Gasteiger partial charge on any atom is -0.507 e. The molecule has 0 radical (unpaired) electrons. The van der Waals surface area contributed by atoms with E-state index in [1.165, 1.54) is 6.20 Å². The molecule has 0 amide bonds. The van der Waals surface area contributed by atoms with Crippen molar-refractivity contribution in [3.8, 4) is 5.75 Å². The molecule has 2 heterocycles. The Morgan fingerprint density at radius 2 is 1.78 bits per heavy atom. The number of hydrogen-bond donors (Lipinski definition) is 1. The number of aromatic nitrogens is 1. The molecule has 0 saturated carbocycles. The molecule has 4 nitrogen and oxygen atoms in total. The van der Waals surface area contributed by atoms with E-state index in [4.69, 9.17) is 9.31 Å². The summed E-state index contributed by atoms with van der Waals surface area (Å²) < 4.78 is 11.8. The number of aryl methyl sites for hydroxylation is 1. The van der Waals surface area contributed by atoms with Crippen molar-refractivity contribution in [2.75, 3.05) is 0 Å². The van der Waals surface area contributed by atoms with Gasteiger partial charge in [-0.1, -0.05) is 6.92 Å². The maximum absolute atomic E-state index is 9.91. The Morgan fingerprint density at radius 3 is 2.28 bits per heavy atom. The maximum Gasteiger partial charge on any atom is 0.498 e. The van der Waals surface area contributed by atoms with Crippen molar-refractivity contribution < 1.29 is 14.4 Å². The first-order valence-corrected chi connectivity index (χ1v) is 6.30. The van der Waals surface area contributed by atoms with Gasteiger partial charge in [0.25, 0.3) is 0 Å². The van der Waals surface area contributed by atoms with Gasteiger partial charge >= 0.3 is 7.12 Å². The molecule has 1 aliphatic rings. The SMILES string of the molecule is CCc1cc(B2OC(C)(C)C(C)(C)O2)c(O)cn1. The van der Waals surface area contributed by atoms with E-state index in [1.807, 2.05) is 40.7 Å². The van der Waals surface area contributed by atoms with Crippen LogP contribution in [-0.2, 0) is 15.7 Å². The molecule has 2 rings (SSSR count). The summed E-state index contributed by atoms with van der Waals surface area (Å²) in [4.78, 5) is 4.14. The maximum atomic E-state index is 9.91. The van der Waals surface area contributed by atoms with E-state index in [-0.39, 0.29) is 5.75 Å². The van der Waals surface area contributed by atoms with Crippen molar-refractivity contribution in [3.63, 3.8) is 0 Å². The van der Waals surface area contributed by atoms with Gasteiger partial charge < -0.3 is 14.4 Å². The smallest absolute Gasteiger partial charge is 0.498 e. The van der Waals surface area contributed by atoms with Crippen LogP contribution >= 0.6 is 0 Å². The van der Waals surface area contributed by atoms with Gasteiger partial charge in [0.05, 0.1) is 17.4 Å². The van der Waals surface area contributed by atoms with Crippen molar-refractivity contribution in [1.29, 1.82) is 0 Å². The van der Waals surface area contributed by atoms with E-state index < -0.39 is 18.3 Å². The number of hydrogen-bond acceptors (Lipinski definition) is 4. The quantitative estimate of drug-likeness (QED) is 0.809. The Bertz CT molecular complexity index is 444. The van der Waals surface area contributed by atoms with Crippen LogP contribution in [0.4, 0.5) is 0 Å². The summed E-state index contributed by atoms with van der Waals surface area (Å²) in [6.45, 7) is 9.99. The van der Waals surface area contributed by atoms with Crippen molar-refractivity contribution in [2.24, 2.45) is 0 Å². The second-order valence-electron chi connectivity index (χ2n) is 5.68. The summed E-state index contributed by atoms with van der Waals surface area (Å²) in [5.74, 6) is 0.116. The van der Waals surface area contributed by atoms with Crippen LogP contribution in [0.5, 0.6) is 5.75 Å². The summed E-state index contributed by atoms with van der Waals surface area (Å²) in [6.07, 6.45) is 2.27. The normalized spacial score (nSPS) is 21.3. The number of rotatable bonds is 2. The Kier molecular flexibility index (Phi) is 3.15. The van der Waals surface area contributed by atoms with Crippen LogP contribution in [0.3, 0.4) is 0 Å². The molecule has 1 aromatic rings. The second-order valence-corrected chi connectivity index (χ2v) is 5.68. The Labute approximate surface area is 108 Å². The zero-order chi connectivity index (χ0) is 13.6. The zero-order valence-electron chi connectivity index (χ0n) is 11.7. The highest BCUT2D eigenvalue weighted by Crippen LogP contribution is 2.37. The molecule has 0 aliphatic carbocycles. The molecular weight excluding hydrogens is 229 g/mol. The molecule has 98 valence electrons. The molecule has 1 fully saturated rings. The summed E-state index contributed by atoms with van der Waals surface area (Å²) >= 11 is 0.